The molecule has 0 unspecified atom stereocenters. The molecule has 2 heterocycles. The van der Waals surface area contributed by atoms with Crippen molar-refractivity contribution in [2.75, 3.05) is 29.9 Å². The van der Waals surface area contributed by atoms with Gasteiger partial charge < -0.3 is 15.5 Å². The van der Waals surface area contributed by atoms with E-state index in [1.807, 2.05) is 24.3 Å². The minimum atomic E-state index is -0.235. The standard InChI is InChI=1S/C24H28FN5OS/c1-2-17-5-9-21(10-6-17)27-23(31)26-16-19-11-13-30(14-12-19)24-28-22(29-32-24)15-18-3-7-20(25)8-4-18/h3-10,19H,2,11-16H2,1H3,(H2,26,27,31). The normalized spacial score (nSPS) is 14.4. The quantitative estimate of drug-likeness (QED) is 0.536. The van der Waals surface area contributed by atoms with E-state index in [1.165, 1.54) is 29.2 Å². The lowest BCUT2D eigenvalue weighted by molar-refractivity contribution is 0.248. The maximum absolute atomic E-state index is 13.1. The van der Waals surface area contributed by atoms with Crippen LogP contribution < -0.4 is 15.5 Å². The fraction of sp³-hybridized carbons (Fsp3) is 0.375. The van der Waals surface area contributed by atoms with Crippen molar-refractivity contribution < 1.29 is 9.18 Å². The third-order valence-corrected chi connectivity index (χ3v) is 6.60. The summed E-state index contributed by atoms with van der Waals surface area (Å²) in [4.78, 5) is 19.1. The summed E-state index contributed by atoms with van der Waals surface area (Å²) in [6, 6.07) is 14.2. The zero-order valence-corrected chi connectivity index (χ0v) is 19.0. The Hall–Kier alpha value is -3.00. The average Bonchev–Trinajstić information content (AvgIpc) is 3.28. The lowest BCUT2D eigenvalue weighted by Crippen LogP contribution is -2.39. The largest absolute Gasteiger partial charge is 0.347 e. The first-order chi connectivity index (χ1) is 15.6. The number of urea groups is 1. The van der Waals surface area contributed by atoms with E-state index in [0.717, 1.165) is 54.6 Å². The molecule has 0 aliphatic carbocycles. The Morgan fingerprint density at radius 1 is 1.09 bits per heavy atom. The Morgan fingerprint density at radius 3 is 2.47 bits per heavy atom. The summed E-state index contributed by atoms with van der Waals surface area (Å²) < 4.78 is 17.5. The van der Waals surface area contributed by atoms with Crippen molar-refractivity contribution in [3.05, 3.63) is 71.3 Å². The van der Waals surface area contributed by atoms with Gasteiger partial charge in [0.1, 0.15) is 11.6 Å². The number of amides is 2. The van der Waals surface area contributed by atoms with Gasteiger partial charge in [-0.05, 0) is 60.6 Å². The SMILES string of the molecule is CCc1ccc(NC(=O)NCC2CCN(c3nc(Cc4ccc(F)cc4)ns3)CC2)cc1. The van der Waals surface area contributed by atoms with Gasteiger partial charge in [0.2, 0.25) is 5.13 Å². The number of hydrogen-bond acceptors (Lipinski definition) is 5. The van der Waals surface area contributed by atoms with Crippen molar-refractivity contribution in [3.8, 4) is 0 Å². The number of piperidine rings is 1. The molecule has 0 atom stereocenters. The van der Waals surface area contributed by atoms with Crippen LogP contribution in [0, 0.1) is 11.7 Å². The Labute approximate surface area is 192 Å². The van der Waals surface area contributed by atoms with Gasteiger partial charge in [0, 0.05) is 43.3 Å². The molecule has 4 rings (SSSR count). The van der Waals surface area contributed by atoms with Gasteiger partial charge in [0.25, 0.3) is 0 Å². The molecular weight excluding hydrogens is 425 g/mol. The van der Waals surface area contributed by atoms with Crippen LogP contribution >= 0.6 is 11.5 Å². The molecule has 2 N–H and O–H groups in total. The van der Waals surface area contributed by atoms with Crippen molar-refractivity contribution in [1.29, 1.82) is 0 Å². The number of anilines is 2. The maximum atomic E-state index is 13.1. The van der Waals surface area contributed by atoms with Crippen LogP contribution in [-0.2, 0) is 12.8 Å². The van der Waals surface area contributed by atoms with Gasteiger partial charge in [-0.3, -0.25) is 0 Å². The highest BCUT2D eigenvalue weighted by atomic mass is 32.1. The molecule has 168 valence electrons. The number of rotatable bonds is 7. The highest BCUT2D eigenvalue weighted by Crippen LogP contribution is 2.25. The number of aromatic nitrogens is 2. The molecule has 0 radical (unpaired) electrons. The number of carbonyl (C=O) groups is 1. The summed E-state index contributed by atoms with van der Waals surface area (Å²) >= 11 is 1.41. The minimum absolute atomic E-state index is 0.161. The zero-order valence-electron chi connectivity index (χ0n) is 18.2. The Kier molecular flexibility index (Phi) is 7.32. The van der Waals surface area contributed by atoms with Crippen LogP contribution in [0.15, 0.2) is 48.5 Å². The van der Waals surface area contributed by atoms with Crippen molar-refractivity contribution >= 4 is 28.4 Å². The predicted molar refractivity (Wildman–Crippen MR) is 127 cm³/mol. The first kappa shape index (κ1) is 22.2. The molecule has 32 heavy (non-hydrogen) atoms. The molecular formula is C24H28FN5OS. The van der Waals surface area contributed by atoms with E-state index < -0.39 is 0 Å². The van der Waals surface area contributed by atoms with Crippen molar-refractivity contribution in [2.45, 2.75) is 32.6 Å². The molecule has 8 heteroatoms. The third kappa shape index (κ3) is 6.03. The Bertz CT molecular complexity index is 1010. The van der Waals surface area contributed by atoms with E-state index in [9.17, 15) is 9.18 Å². The molecule has 2 aromatic carbocycles. The van der Waals surface area contributed by atoms with E-state index in [4.69, 9.17) is 0 Å². The van der Waals surface area contributed by atoms with Gasteiger partial charge in [-0.2, -0.15) is 4.37 Å². The number of hydrogen-bond donors (Lipinski definition) is 2. The van der Waals surface area contributed by atoms with Gasteiger partial charge in [0.05, 0.1) is 0 Å². The molecule has 2 amide bonds. The molecule has 1 aromatic heterocycles. The van der Waals surface area contributed by atoms with Gasteiger partial charge in [-0.1, -0.05) is 31.2 Å². The number of nitrogens with one attached hydrogen (secondary N) is 2. The molecule has 0 spiro atoms. The highest BCUT2D eigenvalue weighted by Gasteiger charge is 2.22. The van der Waals surface area contributed by atoms with E-state index in [1.54, 1.807) is 12.1 Å². The number of carbonyl (C=O) groups excluding carboxylic acids is 1. The topological polar surface area (TPSA) is 70.2 Å². The predicted octanol–water partition coefficient (Wildman–Crippen LogP) is 4.87. The molecule has 0 bridgehead atoms. The van der Waals surface area contributed by atoms with Crippen LogP contribution in [0.5, 0.6) is 0 Å². The zero-order chi connectivity index (χ0) is 22.3. The molecule has 1 aliphatic rings. The third-order valence-electron chi connectivity index (χ3n) is 5.79. The minimum Gasteiger partial charge on any atom is -0.347 e. The Morgan fingerprint density at radius 2 is 1.78 bits per heavy atom. The van der Waals surface area contributed by atoms with Crippen molar-refractivity contribution in [2.24, 2.45) is 5.92 Å². The molecule has 0 saturated carbocycles. The summed E-state index contributed by atoms with van der Waals surface area (Å²) in [5.41, 5.74) is 3.06. The molecule has 3 aromatic rings. The number of halogens is 1. The highest BCUT2D eigenvalue weighted by molar-refractivity contribution is 7.09. The summed E-state index contributed by atoms with van der Waals surface area (Å²) in [6.45, 7) is 4.58. The van der Waals surface area contributed by atoms with Gasteiger partial charge in [-0.25, -0.2) is 14.2 Å². The molecule has 1 fully saturated rings. The fourth-order valence-electron chi connectivity index (χ4n) is 3.79. The van der Waals surface area contributed by atoms with E-state index in [2.05, 4.69) is 31.8 Å². The van der Waals surface area contributed by atoms with Crippen molar-refractivity contribution in [3.63, 3.8) is 0 Å². The smallest absolute Gasteiger partial charge is 0.319 e. The molecule has 1 aliphatic heterocycles. The monoisotopic (exact) mass is 453 g/mol. The fourth-order valence-corrected chi connectivity index (χ4v) is 4.53. The summed E-state index contributed by atoms with van der Waals surface area (Å²) in [6.07, 6.45) is 3.59. The lowest BCUT2D eigenvalue weighted by Gasteiger charge is -2.31. The number of benzene rings is 2. The second-order valence-electron chi connectivity index (χ2n) is 8.11. The van der Waals surface area contributed by atoms with Crippen LogP contribution in [0.3, 0.4) is 0 Å². The lowest BCUT2D eigenvalue weighted by atomic mass is 9.97. The van der Waals surface area contributed by atoms with Crippen LogP contribution in [0.1, 0.15) is 36.7 Å². The Balaban J connectivity index is 1.20. The van der Waals surface area contributed by atoms with Gasteiger partial charge in [-0.15, -0.1) is 0 Å². The van der Waals surface area contributed by atoms with Crippen molar-refractivity contribution in [1.82, 2.24) is 14.7 Å². The second kappa shape index (κ2) is 10.5. The first-order valence-corrected chi connectivity index (χ1v) is 11.8. The van der Waals surface area contributed by atoms with Gasteiger partial charge >= 0.3 is 6.03 Å². The van der Waals surface area contributed by atoms with E-state index in [-0.39, 0.29) is 11.8 Å². The number of nitrogens with zero attached hydrogens (tertiary/aromatic N) is 3. The average molecular weight is 454 g/mol. The van der Waals surface area contributed by atoms with Crippen LogP contribution in [0.2, 0.25) is 0 Å². The summed E-state index contributed by atoms with van der Waals surface area (Å²) in [7, 11) is 0. The summed E-state index contributed by atoms with van der Waals surface area (Å²) in [5, 5.41) is 6.83. The van der Waals surface area contributed by atoms with Crippen LogP contribution in [0.25, 0.3) is 0 Å². The number of aryl methyl sites for hydroxylation is 1. The molecule has 1 saturated heterocycles. The van der Waals surface area contributed by atoms with E-state index >= 15 is 0 Å². The first-order valence-electron chi connectivity index (χ1n) is 11.0. The summed E-state index contributed by atoms with van der Waals surface area (Å²) in [5.74, 6) is 0.983. The van der Waals surface area contributed by atoms with Gasteiger partial charge in [0.15, 0.2) is 0 Å². The second-order valence-corrected chi connectivity index (χ2v) is 8.84. The van der Waals surface area contributed by atoms with E-state index in [0.29, 0.717) is 18.9 Å². The van der Waals surface area contributed by atoms with Crippen LogP contribution in [-0.4, -0.2) is 35.0 Å². The maximum Gasteiger partial charge on any atom is 0.319 e. The molecule has 6 nitrogen and oxygen atoms in total. The van der Waals surface area contributed by atoms with Crippen LogP contribution in [0.4, 0.5) is 20.0 Å².